The molecular weight excluding hydrogens is 165 g/mol. The minimum absolute atomic E-state index is 0.489. The van der Waals surface area contributed by atoms with Gasteiger partial charge < -0.3 is 4.90 Å². The highest BCUT2D eigenvalue weighted by atomic mass is 19.1. The SMILES string of the molecule is C=C(/C=C\C)C(C)(F)CCN(C)C. The van der Waals surface area contributed by atoms with Gasteiger partial charge in [-0.3, -0.25) is 0 Å². The maximum absolute atomic E-state index is 13.9. The molecule has 0 aromatic carbocycles. The van der Waals surface area contributed by atoms with Crippen LogP contribution < -0.4 is 0 Å². The summed E-state index contributed by atoms with van der Waals surface area (Å²) < 4.78 is 13.9. The fraction of sp³-hybridized carbons (Fsp3) is 0.636. The van der Waals surface area contributed by atoms with Crippen LogP contribution in [-0.2, 0) is 0 Å². The summed E-state index contributed by atoms with van der Waals surface area (Å²) in [6.45, 7) is 7.90. The molecule has 0 aliphatic heterocycles. The Balaban J connectivity index is 4.14. The van der Waals surface area contributed by atoms with Gasteiger partial charge in [0.2, 0.25) is 0 Å². The fourth-order valence-electron chi connectivity index (χ4n) is 0.969. The second-order valence-electron chi connectivity index (χ2n) is 3.78. The van der Waals surface area contributed by atoms with Crippen LogP contribution in [0.5, 0.6) is 0 Å². The number of hydrogen-bond donors (Lipinski definition) is 0. The Morgan fingerprint density at radius 3 is 2.46 bits per heavy atom. The van der Waals surface area contributed by atoms with Crippen molar-refractivity contribution >= 4 is 0 Å². The van der Waals surface area contributed by atoms with E-state index in [0.29, 0.717) is 12.0 Å². The summed E-state index contributed by atoms with van der Waals surface area (Å²) in [5, 5.41) is 0. The number of halogens is 1. The van der Waals surface area contributed by atoms with Crippen LogP contribution in [0.25, 0.3) is 0 Å². The van der Waals surface area contributed by atoms with E-state index in [1.807, 2.05) is 32.0 Å². The van der Waals surface area contributed by atoms with Gasteiger partial charge in [0, 0.05) is 6.54 Å². The molecule has 0 radical (unpaired) electrons. The van der Waals surface area contributed by atoms with Crippen LogP contribution in [-0.4, -0.2) is 31.2 Å². The predicted molar refractivity (Wildman–Crippen MR) is 56.6 cm³/mol. The van der Waals surface area contributed by atoms with Crippen molar-refractivity contribution in [2.75, 3.05) is 20.6 Å². The van der Waals surface area contributed by atoms with Crippen LogP contribution in [0.2, 0.25) is 0 Å². The number of allylic oxidation sites excluding steroid dienone is 3. The molecule has 0 amide bonds. The molecular formula is C11H20FN. The molecule has 0 spiro atoms. The van der Waals surface area contributed by atoms with E-state index in [9.17, 15) is 4.39 Å². The third kappa shape index (κ3) is 4.83. The maximum Gasteiger partial charge on any atom is 0.133 e. The number of hydrogen-bond acceptors (Lipinski definition) is 1. The molecule has 0 aliphatic rings. The Kier molecular flexibility index (Phi) is 4.92. The Bertz CT molecular complexity index is 192. The highest BCUT2D eigenvalue weighted by Crippen LogP contribution is 2.25. The van der Waals surface area contributed by atoms with Gasteiger partial charge in [-0.1, -0.05) is 18.7 Å². The fourth-order valence-corrected chi connectivity index (χ4v) is 0.969. The summed E-state index contributed by atoms with van der Waals surface area (Å²) in [4.78, 5) is 1.97. The minimum atomic E-state index is -1.28. The van der Waals surface area contributed by atoms with Crippen LogP contribution >= 0.6 is 0 Å². The molecule has 0 saturated heterocycles. The van der Waals surface area contributed by atoms with Gasteiger partial charge >= 0.3 is 0 Å². The third-order valence-corrected chi connectivity index (χ3v) is 2.07. The highest BCUT2D eigenvalue weighted by Gasteiger charge is 2.24. The monoisotopic (exact) mass is 185 g/mol. The number of nitrogens with zero attached hydrogens (tertiary/aromatic N) is 1. The van der Waals surface area contributed by atoms with Crippen LogP contribution in [0, 0.1) is 0 Å². The van der Waals surface area contributed by atoms with E-state index in [2.05, 4.69) is 6.58 Å². The maximum atomic E-state index is 13.9. The standard InChI is InChI=1S/C11H20FN/c1-6-7-10(2)11(3,12)8-9-13(4)5/h6-7H,2,8-9H2,1,3-5H3/b7-6-. The van der Waals surface area contributed by atoms with Gasteiger partial charge in [0.1, 0.15) is 5.67 Å². The normalized spacial score (nSPS) is 16.5. The summed E-state index contributed by atoms with van der Waals surface area (Å²) in [5.74, 6) is 0. The lowest BCUT2D eigenvalue weighted by Gasteiger charge is -2.22. The van der Waals surface area contributed by atoms with E-state index >= 15 is 0 Å². The first-order chi connectivity index (χ1) is 5.90. The summed E-state index contributed by atoms with van der Waals surface area (Å²) in [5.41, 5.74) is -0.728. The zero-order valence-electron chi connectivity index (χ0n) is 9.10. The minimum Gasteiger partial charge on any atom is -0.309 e. The van der Waals surface area contributed by atoms with Crippen LogP contribution in [0.4, 0.5) is 4.39 Å². The van der Waals surface area contributed by atoms with Gasteiger partial charge in [-0.15, -0.1) is 0 Å². The van der Waals surface area contributed by atoms with Gasteiger partial charge in [-0.2, -0.15) is 0 Å². The number of alkyl halides is 1. The second kappa shape index (κ2) is 5.18. The van der Waals surface area contributed by atoms with Crippen LogP contribution in [0.15, 0.2) is 24.3 Å². The lowest BCUT2D eigenvalue weighted by Crippen LogP contribution is -2.26. The third-order valence-electron chi connectivity index (χ3n) is 2.07. The molecule has 2 heteroatoms. The molecule has 76 valence electrons. The Morgan fingerprint density at radius 2 is 2.08 bits per heavy atom. The zero-order chi connectivity index (χ0) is 10.5. The van der Waals surface area contributed by atoms with Crippen LogP contribution in [0.1, 0.15) is 20.3 Å². The Morgan fingerprint density at radius 1 is 1.54 bits per heavy atom. The molecule has 1 unspecified atom stereocenters. The zero-order valence-corrected chi connectivity index (χ0v) is 9.10. The van der Waals surface area contributed by atoms with E-state index < -0.39 is 5.67 Å². The topological polar surface area (TPSA) is 3.24 Å². The second-order valence-corrected chi connectivity index (χ2v) is 3.78. The summed E-state index contributed by atoms with van der Waals surface area (Å²) >= 11 is 0. The van der Waals surface area contributed by atoms with E-state index in [1.54, 1.807) is 13.0 Å². The molecule has 0 fully saturated rings. The van der Waals surface area contributed by atoms with Crippen molar-refractivity contribution < 1.29 is 4.39 Å². The van der Waals surface area contributed by atoms with Gasteiger partial charge in [-0.25, -0.2) is 4.39 Å². The van der Waals surface area contributed by atoms with Crippen molar-refractivity contribution in [3.05, 3.63) is 24.3 Å². The molecule has 0 aromatic rings. The summed E-state index contributed by atoms with van der Waals surface area (Å²) in [7, 11) is 3.88. The van der Waals surface area contributed by atoms with Crippen molar-refractivity contribution in [2.24, 2.45) is 0 Å². The molecule has 0 N–H and O–H groups in total. The largest absolute Gasteiger partial charge is 0.309 e. The lowest BCUT2D eigenvalue weighted by molar-refractivity contribution is 0.204. The van der Waals surface area contributed by atoms with E-state index in [4.69, 9.17) is 0 Å². The quantitative estimate of drug-likeness (QED) is 0.595. The van der Waals surface area contributed by atoms with Crippen molar-refractivity contribution in [3.8, 4) is 0 Å². The van der Waals surface area contributed by atoms with Crippen molar-refractivity contribution in [3.63, 3.8) is 0 Å². The summed E-state index contributed by atoms with van der Waals surface area (Å²) in [6, 6.07) is 0. The first-order valence-corrected chi connectivity index (χ1v) is 4.56. The molecule has 0 rings (SSSR count). The van der Waals surface area contributed by atoms with Gasteiger partial charge in [0.05, 0.1) is 0 Å². The Labute approximate surface area is 80.9 Å². The smallest absolute Gasteiger partial charge is 0.133 e. The molecule has 13 heavy (non-hydrogen) atoms. The Hall–Kier alpha value is -0.630. The van der Waals surface area contributed by atoms with Crippen molar-refractivity contribution in [1.29, 1.82) is 0 Å². The van der Waals surface area contributed by atoms with Gasteiger partial charge in [0.15, 0.2) is 0 Å². The highest BCUT2D eigenvalue weighted by molar-refractivity contribution is 5.24. The molecule has 0 bridgehead atoms. The van der Waals surface area contributed by atoms with Crippen molar-refractivity contribution in [2.45, 2.75) is 25.9 Å². The predicted octanol–water partition coefficient (Wildman–Crippen LogP) is 2.80. The molecule has 1 nitrogen and oxygen atoms in total. The first kappa shape index (κ1) is 12.4. The van der Waals surface area contributed by atoms with E-state index in [0.717, 1.165) is 6.54 Å². The van der Waals surface area contributed by atoms with Gasteiger partial charge in [-0.05, 0) is 39.9 Å². The number of rotatable bonds is 5. The van der Waals surface area contributed by atoms with Crippen molar-refractivity contribution in [1.82, 2.24) is 4.90 Å². The first-order valence-electron chi connectivity index (χ1n) is 4.56. The molecule has 0 aromatic heterocycles. The average Bonchev–Trinajstić information content (AvgIpc) is 2.01. The van der Waals surface area contributed by atoms with Gasteiger partial charge in [0.25, 0.3) is 0 Å². The molecule has 0 aliphatic carbocycles. The molecule has 0 saturated carbocycles. The molecule has 1 atom stereocenters. The average molecular weight is 185 g/mol. The van der Waals surface area contributed by atoms with Crippen LogP contribution in [0.3, 0.4) is 0 Å². The summed E-state index contributed by atoms with van der Waals surface area (Å²) in [6.07, 6.45) is 4.04. The molecule has 0 heterocycles. The van der Waals surface area contributed by atoms with E-state index in [-0.39, 0.29) is 0 Å². The van der Waals surface area contributed by atoms with E-state index in [1.165, 1.54) is 0 Å². The lowest BCUT2D eigenvalue weighted by atomic mass is 9.95.